The van der Waals surface area contributed by atoms with Crippen LogP contribution in [0.4, 0.5) is 0 Å². The fourth-order valence-corrected chi connectivity index (χ4v) is 2.39. The minimum Gasteiger partial charge on any atom is -0.361 e. The second kappa shape index (κ2) is 3.65. The van der Waals surface area contributed by atoms with Crippen LogP contribution in [0, 0.1) is 5.92 Å². The molecule has 3 heteroatoms. The lowest BCUT2D eigenvalue weighted by Crippen LogP contribution is -2.22. The number of allylic oxidation sites excluding steroid dienone is 10. The Kier molecular flexibility index (Phi) is 2.13. The summed E-state index contributed by atoms with van der Waals surface area (Å²) in [6.07, 6.45) is 13.8. The summed E-state index contributed by atoms with van der Waals surface area (Å²) in [6, 6.07) is 0. The Bertz CT molecular complexity index is 608. The van der Waals surface area contributed by atoms with Crippen molar-refractivity contribution in [2.45, 2.75) is 6.42 Å². The average molecular weight is 222 g/mol. The van der Waals surface area contributed by atoms with Gasteiger partial charge in [-0.15, -0.1) is 0 Å². The average Bonchev–Trinajstić information content (AvgIpc) is 2.36. The van der Waals surface area contributed by atoms with Crippen LogP contribution in [-0.2, 0) is 4.79 Å². The summed E-state index contributed by atoms with van der Waals surface area (Å²) in [7, 11) is 0. The predicted octanol–water partition coefficient (Wildman–Crippen LogP) is 2.17. The predicted molar refractivity (Wildman–Crippen MR) is 64.3 cm³/mol. The summed E-state index contributed by atoms with van der Waals surface area (Å²) < 4.78 is 0. The van der Waals surface area contributed by atoms with Crippen LogP contribution in [0.2, 0.25) is 0 Å². The lowest BCUT2D eigenvalue weighted by atomic mass is 9.78. The summed E-state index contributed by atoms with van der Waals surface area (Å²) in [5, 5.41) is 0. The third-order valence-corrected chi connectivity index (χ3v) is 3.24. The van der Waals surface area contributed by atoms with Gasteiger partial charge in [0.1, 0.15) is 0 Å². The van der Waals surface area contributed by atoms with Gasteiger partial charge >= 0.3 is 5.71 Å². The zero-order chi connectivity index (χ0) is 11.8. The standard InChI is InChI=1S/C14H10N2O/c15-16-13-5-1-3-9-7-10-4-2-6-14(17)12(10)8-11(9)13/h1-3,5-8,12H,4H2. The maximum Gasteiger partial charge on any atom is 0.322 e. The maximum absolute atomic E-state index is 11.8. The van der Waals surface area contributed by atoms with Gasteiger partial charge in [-0.3, -0.25) is 4.79 Å². The number of carbonyl (C=O) groups is 1. The Labute approximate surface area is 98.8 Å². The Morgan fingerprint density at radius 3 is 3.06 bits per heavy atom. The second-order valence-electron chi connectivity index (χ2n) is 4.25. The van der Waals surface area contributed by atoms with Gasteiger partial charge in [-0.25, -0.2) is 0 Å². The molecule has 3 aliphatic rings. The van der Waals surface area contributed by atoms with Crippen molar-refractivity contribution in [1.29, 1.82) is 0 Å². The summed E-state index contributed by atoms with van der Waals surface area (Å²) in [6.45, 7) is 0. The van der Waals surface area contributed by atoms with E-state index in [0.29, 0.717) is 5.71 Å². The van der Waals surface area contributed by atoms with Gasteiger partial charge in [0.25, 0.3) is 0 Å². The highest BCUT2D eigenvalue weighted by Crippen LogP contribution is 2.34. The summed E-state index contributed by atoms with van der Waals surface area (Å²) >= 11 is 0. The van der Waals surface area contributed by atoms with Crippen LogP contribution in [0.1, 0.15) is 6.42 Å². The van der Waals surface area contributed by atoms with E-state index in [1.807, 2.05) is 30.4 Å². The fourth-order valence-electron chi connectivity index (χ4n) is 2.39. The molecule has 0 bridgehead atoms. The van der Waals surface area contributed by atoms with Gasteiger partial charge < -0.3 is 5.53 Å². The third kappa shape index (κ3) is 1.49. The van der Waals surface area contributed by atoms with Crippen molar-refractivity contribution in [3.63, 3.8) is 0 Å². The van der Waals surface area contributed by atoms with Crippen molar-refractivity contribution >= 4 is 11.5 Å². The van der Waals surface area contributed by atoms with Crippen LogP contribution in [0.5, 0.6) is 0 Å². The van der Waals surface area contributed by atoms with Gasteiger partial charge in [-0.1, -0.05) is 36.0 Å². The highest BCUT2D eigenvalue weighted by Gasteiger charge is 2.30. The maximum atomic E-state index is 11.8. The minimum atomic E-state index is -0.185. The first-order valence-electron chi connectivity index (χ1n) is 5.53. The molecule has 0 amide bonds. The Morgan fingerprint density at radius 2 is 2.24 bits per heavy atom. The normalized spacial score (nSPS) is 25.4. The highest BCUT2D eigenvalue weighted by atomic mass is 16.1. The van der Waals surface area contributed by atoms with E-state index in [1.54, 1.807) is 12.2 Å². The number of fused-ring (bicyclic) bond motifs is 2. The van der Waals surface area contributed by atoms with Crippen LogP contribution in [-0.4, -0.2) is 16.3 Å². The fraction of sp³-hybridized carbons (Fsp3) is 0.143. The summed E-state index contributed by atoms with van der Waals surface area (Å²) in [4.78, 5) is 15.0. The van der Waals surface area contributed by atoms with Crippen molar-refractivity contribution in [3.05, 3.63) is 64.8 Å². The van der Waals surface area contributed by atoms with Crippen LogP contribution in [0.25, 0.3) is 5.53 Å². The van der Waals surface area contributed by atoms with Crippen molar-refractivity contribution < 1.29 is 9.58 Å². The van der Waals surface area contributed by atoms with Crippen molar-refractivity contribution in [3.8, 4) is 0 Å². The quantitative estimate of drug-likeness (QED) is 0.457. The second-order valence-corrected chi connectivity index (χ2v) is 4.25. The minimum absolute atomic E-state index is 0.0980. The molecule has 0 saturated heterocycles. The molecule has 0 fully saturated rings. The third-order valence-electron chi connectivity index (χ3n) is 3.24. The molecular weight excluding hydrogens is 212 g/mol. The molecule has 0 aliphatic heterocycles. The molecule has 1 unspecified atom stereocenters. The number of nitrogens with zero attached hydrogens (tertiary/aromatic N) is 2. The molecule has 0 N–H and O–H groups in total. The molecule has 0 radical (unpaired) electrons. The van der Waals surface area contributed by atoms with Gasteiger partial charge in [0.05, 0.1) is 11.5 Å². The van der Waals surface area contributed by atoms with E-state index in [0.717, 1.165) is 23.1 Å². The first-order chi connectivity index (χ1) is 8.29. The molecule has 3 rings (SSSR count). The smallest absolute Gasteiger partial charge is 0.322 e. The zero-order valence-corrected chi connectivity index (χ0v) is 9.13. The largest absolute Gasteiger partial charge is 0.361 e. The number of hydrogen-bond acceptors (Lipinski definition) is 1. The summed E-state index contributed by atoms with van der Waals surface area (Å²) in [5.74, 6) is -0.0868. The van der Waals surface area contributed by atoms with Crippen molar-refractivity contribution in [2.24, 2.45) is 5.92 Å². The van der Waals surface area contributed by atoms with Crippen LogP contribution in [0.15, 0.2) is 59.3 Å². The van der Waals surface area contributed by atoms with Crippen LogP contribution < -0.4 is 0 Å². The molecule has 0 aromatic carbocycles. The lowest BCUT2D eigenvalue weighted by molar-refractivity contribution is -0.116. The molecular formula is C14H10N2O. The SMILES string of the molecule is [N-]=[N+]=C1C=CC=C2C=C3CC=CC(=O)C3C=C21. The number of rotatable bonds is 0. The van der Waals surface area contributed by atoms with Gasteiger partial charge in [-0.2, -0.15) is 4.79 Å². The van der Waals surface area contributed by atoms with E-state index in [4.69, 9.17) is 5.53 Å². The first kappa shape index (κ1) is 9.94. The van der Waals surface area contributed by atoms with Gasteiger partial charge in [0.2, 0.25) is 0 Å². The topological polar surface area (TPSA) is 53.5 Å². The molecule has 0 aromatic heterocycles. The van der Waals surface area contributed by atoms with Crippen LogP contribution >= 0.6 is 0 Å². The molecule has 82 valence electrons. The van der Waals surface area contributed by atoms with E-state index < -0.39 is 0 Å². The van der Waals surface area contributed by atoms with Gasteiger partial charge in [-0.05, 0) is 18.1 Å². The Hall–Kier alpha value is -2.25. The highest BCUT2D eigenvalue weighted by molar-refractivity contribution is 6.11. The van der Waals surface area contributed by atoms with Crippen LogP contribution in [0.3, 0.4) is 0 Å². The zero-order valence-electron chi connectivity index (χ0n) is 9.13. The summed E-state index contributed by atoms with van der Waals surface area (Å²) in [5.41, 5.74) is 12.4. The van der Waals surface area contributed by atoms with Gasteiger partial charge in [0.15, 0.2) is 5.78 Å². The first-order valence-corrected chi connectivity index (χ1v) is 5.53. The Morgan fingerprint density at radius 1 is 1.35 bits per heavy atom. The molecule has 0 heterocycles. The molecule has 3 nitrogen and oxygen atoms in total. The Balaban J connectivity index is 2.15. The van der Waals surface area contributed by atoms with Gasteiger partial charge in [0, 0.05) is 6.08 Å². The molecule has 17 heavy (non-hydrogen) atoms. The monoisotopic (exact) mass is 222 g/mol. The molecule has 0 spiro atoms. The molecule has 0 saturated carbocycles. The number of hydrogen-bond donors (Lipinski definition) is 0. The van der Waals surface area contributed by atoms with E-state index in [9.17, 15) is 4.79 Å². The number of carbonyl (C=O) groups excluding carboxylic acids is 1. The number of ketones is 1. The van der Waals surface area contributed by atoms with Crippen molar-refractivity contribution in [2.75, 3.05) is 0 Å². The van der Waals surface area contributed by atoms with Crippen molar-refractivity contribution in [1.82, 2.24) is 0 Å². The van der Waals surface area contributed by atoms with E-state index in [-0.39, 0.29) is 11.7 Å². The van der Waals surface area contributed by atoms with E-state index in [1.165, 1.54) is 0 Å². The lowest BCUT2D eigenvalue weighted by Gasteiger charge is -2.23. The molecule has 0 aromatic rings. The van der Waals surface area contributed by atoms with E-state index in [2.05, 4.69) is 4.79 Å². The molecule has 3 aliphatic carbocycles. The van der Waals surface area contributed by atoms with E-state index >= 15 is 0 Å². The molecule has 1 atom stereocenters.